The number of rotatable bonds is 5. The molecule has 4 aliphatic carbocycles. The van der Waals surface area contributed by atoms with E-state index in [1.807, 2.05) is 0 Å². The third kappa shape index (κ3) is 3.62. The number of carbonyl (C=O) groups is 2. The van der Waals surface area contributed by atoms with E-state index in [9.17, 15) is 22.4 Å². The summed E-state index contributed by atoms with van der Waals surface area (Å²) in [6.45, 7) is 1.95. The number of carbonyl (C=O) groups excluding carboxylic acids is 2. The fourth-order valence-electron chi connectivity index (χ4n) is 7.00. The first-order valence-electron chi connectivity index (χ1n) is 11.8. The highest BCUT2D eigenvalue weighted by atomic mass is 32.2. The zero-order chi connectivity index (χ0) is 23.5. The van der Waals surface area contributed by atoms with Gasteiger partial charge in [-0.1, -0.05) is 12.1 Å². The van der Waals surface area contributed by atoms with E-state index in [1.165, 1.54) is 22.5 Å². The molecule has 5 aliphatic rings. The molecule has 3 unspecified atom stereocenters. The van der Waals surface area contributed by atoms with Crippen molar-refractivity contribution in [1.82, 2.24) is 9.62 Å². The quantitative estimate of drug-likeness (QED) is 0.672. The van der Waals surface area contributed by atoms with Crippen molar-refractivity contribution in [2.24, 2.45) is 28.9 Å². The number of para-hydroxylation sites is 1. The molecule has 33 heavy (non-hydrogen) atoms. The highest BCUT2D eigenvalue weighted by molar-refractivity contribution is 7.90. The van der Waals surface area contributed by atoms with Crippen molar-refractivity contribution in [2.75, 3.05) is 17.4 Å². The molecule has 0 aromatic heterocycles. The molecule has 3 N–H and O–H groups in total. The summed E-state index contributed by atoms with van der Waals surface area (Å²) in [7, 11) is -4.06. The summed E-state index contributed by atoms with van der Waals surface area (Å²) in [5.41, 5.74) is 5.30. The van der Waals surface area contributed by atoms with Crippen LogP contribution in [0, 0.1) is 29.0 Å². The Morgan fingerprint density at radius 3 is 2.45 bits per heavy atom. The molecule has 1 aliphatic heterocycles. The van der Waals surface area contributed by atoms with Crippen LogP contribution in [0.5, 0.6) is 0 Å². The Morgan fingerprint density at radius 2 is 1.82 bits per heavy atom. The van der Waals surface area contributed by atoms with E-state index in [0.29, 0.717) is 25.2 Å². The molecule has 8 nitrogen and oxygen atoms in total. The molecular weight excluding hydrogens is 447 g/mol. The normalized spacial score (nSPS) is 35.9. The minimum Gasteiger partial charge on any atom is -0.369 e. The van der Waals surface area contributed by atoms with Gasteiger partial charge < -0.3 is 11.1 Å². The van der Waals surface area contributed by atoms with E-state index < -0.39 is 27.5 Å². The number of halogens is 1. The molecule has 6 rings (SSSR count). The number of amides is 2. The van der Waals surface area contributed by atoms with Crippen molar-refractivity contribution in [3.63, 3.8) is 0 Å². The standard InChI is InChI=1S/C23H31FN4O4S/c1-14(27-7-4-8-28(33(27,31)32)19-6-3-2-5-18(19)24)21(29)26-20-16-9-15-10-17(20)13-23(11-15,12-16)22(25)30/h2-3,5-6,14-17,20H,4,7-13H2,1H3,(H2,25,30)(H,26,29). The molecule has 1 saturated heterocycles. The monoisotopic (exact) mass is 478 g/mol. The largest absolute Gasteiger partial charge is 0.369 e. The second kappa shape index (κ2) is 7.94. The van der Waals surface area contributed by atoms with Crippen LogP contribution in [0.25, 0.3) is 0 Å². The average Bonchev–Trinajstić information content (AvgIpc) is 2.75. The van der Waals surface area contributed by atoms with Crippen LogP contribution in [0.3, 0.4) is 0 Å². The van der Waals surface area contributed by atoms with Crippen LogP contribution < -0.4 is 15.4 Å². The van der Waals surface area contributed by atoms with Gasteiger partial charge in [0.05, 0.1) is 5.69 Å². The van der Waals surface area contributed by atoms with Gasteiger partial charge in [-0.2, -0.15) is 12.7 Å². The molecule has 10 heteroatoms. The zero-order valence-corrected chi connectivity index (χ0v) is 19.6. The predicted octanol–water partition coefficient (Wildman–Crippen LogP) is 1.77. The van der Waals surface area contributed by atoms with Crippen LogP contribution in [0.2, 0.25) is 0 Å². The Labute approximate surface area is 193 Å². The third-order valence-corrected chi connectivity index (χ3v) is 10.4. The van der Waals surface area contributed by atoms with Crippen molar-refractivity contribution in [1.29, 1.82) is 0 Å². The summed E-state index contributed by atoms with van der Waals surface area (Å²) < 4.78 is 43.2. The van der Waals surface area contributed by atoms with Crippen molar-refractivity contribution in [2.45, 2.75) is 57.5 Å². The molecule has 4 saturated carbocycles. The number of hydrogen-bond donors (Lipinski definition) is 2. The number of hydrogen-bond acceptors (Lipinski definition) is 4. The second-order valence-electron chi connectivity index (χ2n) is 10.3. The van der Waals surface area contributed by atoms with Gasteiger partial charge in [-0.3, -0.25) is 13.9 Å². The molecule has 1 aromatic carbocycles. The summed E-state index contributed by atoms with van der Waals surface area (Å²) >= 11 is 0. The van der Waals surface area contributed by atoms with Gasteiger partial charge in [-0.15, -0.1) is 0 Å². The van der Waals surface area contributed by atoms with Gasteiger partial charge in [0.2, 0.25) is 11.8 Å². The fraction of sp³-hybridized carbons (Fsp3) is 0.652. The van der Waals surface area contributed by atoms with Crippen molar-refractivity contribution in [3.8, 4) is 0 Å². The topological polar surface area (TPSA) is 113 Å². The van der Waals surface area contributed by atoms with Crippen molar-refractivity contribution < 1.29 is 22.4 Å². The lowest BCUT2D eigenvalue weighted by atomic mass is 9.47. The summed E-state index contributed by atoms with van der Waals surface area (Å²) in [4.78, 5) is 25.4. The minimum absolute atomic E-state index is 0.00686. The number of anilines is 1. The molecular formula is C23H31FN4O4S. The summed E-state index contributed by atoms with van der Waals surface area (Å²) in [5.74, 6) is -0.345. The van der Waals surface area contributed by atoms with E-state index in [1.54, 1.807) is 13.0 Å². The van der Waals surface area contributed by atoms with E-state index in [2.05, 4.69) is 5.32 Å². The van der Waals surface area contributed by atoms with Gasteiger partial charge in [-0.05, 0) is 75.3 Å². The zero-order valence-electron chi connectivity index (χ0n) is 18.7. The molecule has 0 radical (unpaired) electrons. The highest BCUT2D eigenvalue weighted by Gasteiger charge is 2.58. The van der Waals surface area contributed by atoms with Crippen LogP contribution in [0.4, 0.5) is 10.1 Å². The van der Waals surface area contributed by atoms with Crippen LogP contribution in [0.15, 0.2) is 24.3 Å². The van der Waals surface area contributed by atoms with Crippen LogP contribution in [-0.2, 0) is 19.8 Å². The maximum absolute atomic E-state index is 14.3. The van der Waals surface area contributed by atoms with Crippen LogP contribution >= 0.6 is 0 Å². The molecule has 1 aromatic rings. The number of primary amides is 1. The first-order valence-corrected chi connectivity index (χ1v) is 13.2. The lowest BCUT2D eigenvalue weighted by Gasteiger charge is -2.59. The molecule has 3 atom stereocenters. The van der Waals surface area contributed by atoms with Crippen molar-refractivity contribution >= 4 is 27.7 Å². The van der Waals surface area contributed by atoms with Crippen LogP contribution in [-0.4, -0.2) is 49.7 Å². The van der Waals surface area contributed by atoms with Gasteiger partial charge in [0.1, 0.15) is 11.9 Å². The first-order chi connectivity index (χ1) is 15.6. The van der Waals surface area contributed by atoms with Gasteiger partial charge in [0.25, 0.3) is 0 Å². The number of nitrogens with zero attached hydrogens (tertiary/aromatic N) is 2. The van der Waals surface area contributed by atoms with Crippen LogP contribution in [0.1, 0.15) is 45.4 Å². The Hall–Kier alpha value is -2.20. The molecule has 4 bridgehead atoms. The molecule has 2 amide bonds. The Balaban J connectivity index is 1.32. The predicted molar refractivity (Wildman–Crippen MR) is 121 cm³/mol. The molecule has 1 heterocycles. The van der Waals surface area contributed by atoms with Gasteiger partial charge in [-0.25, -0.2) is 4.39 Å². The van der Waals surface area contributed by atoms with E-state index >= 15 is 0 Å². The highest BCUT2D eigenvalue weighted by Crippen LogP contribution is 2.59. The Morgan fingerprint density at radius 1 is 1.15 bits per heavy atom. The summed E-state index contributed by atoms with van der Waals surface area (Å²) in [6.07, 6.45) is 4.66. The van der Waals surface area contributed by atoms with E-state index in [4.69, 9.17) is 5.73 Å². The van der Waals surface area contributed by atoms with E-state index in [0.717, 1.165) is 23.6 Å². The number of benzene rings is 1. The van der Waals surface area contributed by atoms with Gasteiger partial charge >= 0.3 is 10.2 Å². The smallest absolute Gasteiger partial charge is 0.304 e. The van der Waals surface area contributed by atoms with Gasteiger partial charge in [0, 0.05) is 24.5 Å². The molecule has 5 fully saturated rings. The SMILES string of the molecule is CC(C(=O)NC1C2CC3CC1CC(C(N)=O)(C3)C2)N1CCCN(c2ccccc2F)S1(=O)=O. The minimum atomic E-state index is -4.06. The maximum Gasteiger partial charge on any atom is 0.304 e. The third-order valence-electron chi connectivity index (χ3n) is 8.35. The molecule has 0 spiro atoms. The second-order valence-corrected chi connectivity index (χ2v) is 12.1. The van der Waals surface area contributed by atoms with E-state index in [-0.39, 0.29) is 48.5 Å². The number of nitrogens with one attached hydrogen (secondary N) is 1. The average molecular weight is 479 g/mol. The Bertz CT molecular complexity index is 1060. The maximum atomic E-state index is 14.3. The number of nitrogens with two attached hydrogens (primary N) is 1. The molecule has 180 valence electrons. The lowest BCUT2D eigenvalue weighted by molar-refractivity contribution is -0.147. The first kappa shape index (κ1) is 22.6. The van der Waals surface area contributed by atoms with Crippen molar-refractivity contribution in [3.05, 3.63) is 30.1 Å². The summed E-state index contributed by atoms with van der Waals surface area (Å²) in [6, 6.07) is 4.77. The fourth-order valence-corrected chi connectivity index (χ4v) is 8.86. The summed E-state index contributed by atoms with van der Waals surface area (Å²) in [5, 5.41) is 3.13. The van der Waals surface area contributed by atoms with Gasteiger partial charge in [0.15, 0.2) is 0 Å². The Kier molecular flexibility index (Phi) is 5.43. The lowest BCUT2D eigenvalue weighted by Crippen LogP contribution is -2.64.